The largest absolute Gasteiger partial charge is 0.497 e. The molecule has 216 valence electrons. The molecule has 1 aliphatic heterocycles. The molecule has 4 rings (SSSR count). The summed E-state index contributed by atoms with van der Waals surface area (Å²) in [6.07, 6.45) is 5.01. The lowest BCUT2D eigenvalue weighted by Gasteiger charge is -2.26. The molecule has 0 radical (unpaired) electrons. The molecular weight excluding hydrogens is 532 g/mol. The summed E-state index contributed by atoms with van der Waals surface area (Å²) in [6, 6.07) is 5.52. The zero-order valence-electron chi connectivity index (χ0n) is 23.5. The molecule has 2 aliphatic rings. The van der Waals surface area contributed by atoms with Crippen molar-refractivity contribution in [2.45, 2.75) is 82.9 Å². The minimum Gasteiger partial charge on any atom is -0.497 e. The fraction of sp³-hybridized carbons (Fsp3) is 0.552. The van der Waals surface area contributed by atoms with Crippen molar-refractivity contribution < 1.29 is 28.7 Å². The van der Waals surface area contributed by atoms with Crippen LogP contribution in [0.5, 0.6) is 5.75 Å². The van der Waals surface area contributed by atoms with E-state index in [2.05, 4.69) is 15.6 Å². The molecule has 1 aromatic heterocycles. The van der Waals surface area contributed by atoms with Gasteiger partial charge in [0.15, 0.2) is 5.78 Å². The number of amides is 3. The van der Waals surface area contributed by atoms with Gasteiger partial charge >= 0.3 is 0 Å². The van der Waals surface area contributed by atoms with Crippen LogP contribution in [0.3, 0.4) is 0 Å². The lowest BCUT2D eigenvalue weighted by atomic mass is 9.90. The summed E-state index contributed by atoms with van der Waals surface area (Å²) in [5.74, 6) is -1.53. The minimum absolute atomic E-state index is 0.139. The Kier molecular flexibility index (Phi) is 9.25. The van der Waals surface area contributed by atoms with Crippen LogP contribution in [0.4, 0.5) is 0 Å². The molecule has 4 N–H and O–H groups in total. The Bertz CT molecular complexity index is 1250. The molecule has 4 atom stereocenters. The summed E-state index contributed by atoms with van der Waals surface area (Å²) in [6.45, 7) is 5.43. The predicted molar refractivity (Wildman–Crippen MR) is 150 cm³/mol. The number of nitrogens with two attached hydrogens (primary N) is 1. The molecule has 1 aromatic carbocycles. The highest BCUT2D eigenvalue weighted by Gasteiger charge is 2.50. The number of hydrogen-bond acceptors (Lipinski definition) is 8. The first-order chi connectivity index (χ1) is 19.0. The smallest absolute Gasteiger partial charge is 0.260 e. The maximum atomic E-state index is 13.7. The van der Waals surface area contributed by atoms with E-state index >= 15 is 0 Å². The van der Waals surface area contributed by atoms with Gasteiger partial charge in [0.2, 0.25) is 11.8 Å². The van der Waals surface area contributed by atoms with E-state index in [0.29, 0.717) is 29.7 Å². The standard InChI is InChI=1S/C29H38N4O6S/c1-16(23-24(26(30)35)40-17(2)31-23)27(36)33-22(14-19-9-11-20(38-4)12-10-19)28(37)32-21(13-18-7-5-6-8-18)25(34)29(3)15-39-29/h9-12,16,18,21-22H,5-8,13-15H2,1-4H3,(H2,30,35)(H,32,37)(H,33,36)/t16-,21+,22+,29-/m1/s1. The van der Waals surface area contributed by atoms with Crippen LogP contribution in [0.1, 0.15) is 77.8 Å². The van der Waals surface area contributed by atoms with Gasteiger partial charge in [0.1, 0.15) is 22.3 Å². The second-order valence-electron chi connectivity index (χ2n) is 11.0. The number of carbonyl (C=O) groups is 4. The number of ether oxygens (including phenoxy) is 2. The van der Waals surface area contributed by atoms with Crippen molar-refractivity contribution in [3.63, 3.8) is 0 Å². The van der Waals surface area contributed by atoms with E-state index < -0.39 is 41.3 Å². The summed E-state index contributed by atoms with van der Waals surface area (Å²) in [5, 5.41) is 6.41. The summed E-state index contributed by atoms with van der Waals surface area (Å²) in [5.41, 5.74) is 5.71. The number of carbonyl (C=O) groups excluding carboxylic acids is 4. The lowest BCUT2D eigenvalue weighted by molar-refractivity contribution is -0.133. The van der Waals surface area contributed by atoms with Crippen molar-refractivity contribution in [2.24, 2.45) is 11.7 Å². The first kappa shape index (κ1) is 29.7. The Morgan fingerprint density at radius 1 is 1.12 bits per heavy atom. The second-order valence-corrected chi connectivity index (χ2v) is 12.2. The fourth-order valence-electron chi connectivity index (χ4n) is 5.24. The first-order valence-corrected chi connectivity index (χ1v) is 14.5. The molecule has 2 aromatic rings. The van der Waals surface area contributed by atoms with Crippen molar-refractivity contribution in [2.75, 3.05) is 13.7 Å². The predicted octanol–water partition coefficient (Wildman–Crippen LogP) is 2.81. The van der Waals surface area contributed by atoms with Crippen molar-refractivity contribution in [1.82, 2.24) is 15.6 Å². The number of methoxy groups -OCH3 is 1. The number of thiazole rings is 1. The van der Waals surface area contributed by atoms with Gasteiger partial charge in [-0.2, -0.15) is 0 Å². The van der Waals surface area contributed by atoms with E-state index in [9.17, 15) is 19.2 Å². The summed E-state index contributed by atoms with van der Waals surface area (Å²) >= 11 is 1.13. The summed E-state index contributed by atoms with van der Waals surface area (Å²) < 4.78 is 10.7. The minimum atomic E-state index is -0.980. The van der Waals surface area contributed by atoms with Crippen LogP contribution >= 0.6 is 11.3 Å². The van der Waals surface area contributed by atoms with E-state index in [1.165, 1.54) is 0 Å². The fourth-order valence-corrected chi connectivity index (χ4v) is 6.11. The van der Waals surface area contributed by atoms with Crippen LogP contribution in [-0.4, -0.2) is 59.9 Å². The summed E-state index contributed by atoms with van der Waals surface area (Å²) in [7, 11) is 1.57. The highest BCUT2D eigenvalue weighted by molar-refractivity contribution is 7.13. The number of ketones is 1. The van der Waals surface area contributed by atoms with Crippen molar-refractivity contribution >= 4 is 34.8 Å². The molecule has 2 heterocycles. The van der Waals surface area contributed by atoms with Crippen molar-refractivity contribution in [3.05, 3.63) is 45.4 Å². The zero-order valence-corrected chi connectivity index (χ0v) is 24.3. The monoisotopic (exact) mass is 570 g/mol. The van der Waals surface area contributed by atoms with Gasteiger partial charge in [0, 0.05) is 6.42 Å². The average molecular weight is 571 g/mol. The van der Waals surface area contributed by atoms with E-state index in [1.807, 2.05) is 12.1 Å². The Balaban J connectivity index is 1.56. The van der Waals surface area contributed by atoms with Gasteiger partial charge in [-0.15, -0.1) is 11.3 Å². The van der Waals surface area contributed by atoms with E-state index in [4.69, 9.17) is 15.2 Å². The number of aromatic nitrogens is 1. The normalized spacial score (nSPS) is 20.8. The maximum Gasteiger partial charge on any atom is 0.260 e. The Hall–Kier alpha value is -3.31. The highest BCUT2D eigenvalue weighted by atomic mass is 32.1. The number of rotatable bonds is 13. The van der Waals surface area contributed by atoms with Crippen molar-refractivity contribution in [1.29, 1.82) is 0 Å². The van der Waals surface area contributed by atoms with Gasteiger partial charge in [0.05, 0.1) is 36.4 Å². The number of aryl methyl sites for hydroxylation is 1. The summed E-state index contributed by atoms with van der Waals surface area (Å²) in [4.78, 5) is 57.0. The van der Waals surface area contributed by atoms with E-state index in [1.54, 1.807) is 40.0 Å². The number of nitrogens with zero attached hydrogens (tertiary/aromatic N) is 1. The topological polar surface area (TPSA) is 153 Å². The van der Waals surface area contributed by atoms with Crippen LogP contribution in [-0.2, 0) is 25.5 Å². The van der Waals surface area contributed by atoms with E-state index in [0.717, 1.165) is 42.6 Å². The molecule has 2 fully saturated rings. The Morgan fingerprint density at radius 3 is 2.33 bits per heavy atom. The molecule has 0 spiro atoms. The average Bonchev–Trinajstić information content (AvgIpc) is 3.29. The van der Waals surface area contributed by atoms with Crippen LogP contribution in [0.25, 0.3) is 0 Å². The number of epoxide rings is 1. The van der Waals surface area contributed by atoms with Crippen LogP contribution in [0, 0.1) is 12.8 Å². The molecule has 1 aliphatic carbocycles. The third-order valence-corrected chi connectivity index (χ3v) is 8.80. The maximum absolute atomic E-state index is 13.7. The van der Waals surface area contributed by atoms with Crippen molar-refractivity contribution in [3.8, 4) is 5.75 Å². The molecular formula is C29H38N4O6S. The third kappa shape index (κ3) is 7.06. The number of benzene rings is 1. The Morgan fingerprint density at radius 2 is 1.75 bits per heavy atom. The molecule has 11 heteroatoms. The molecule has 10 nitrogen and oxygen atoms in total. The number of primary amides is 1. The molecule has 40 heavy (non-hydrogen) atoms. The van der Waals surface area contributed by atoms with Gasteiger partial charge in [0.25, 0.3) is 5.91 Å². The van der Waals surface area contributed by atoms with Gasteiger partial charge in [-0.3, -0.25) is 19.2 Å². The quantitative estimate of drug-likeness (QED) is 0.313. The molecule has 1 saturated carbocycles. The molecule has 0 unspecified atom stereocenters. The van der Waals surface area contributed by atoms with Crippen LogP contribution in [0.15, 0.2) is 24.3 Å². The zero-order chi connectivity index (χ0) is 29.0. The highest BCUT2D eigenvalue weighted by Crippen LogP contribution is 2.33. The van der Waals surface area contributed by atoms with E-state index in [-0.39, 0.29) is 22.8 Å². The molecule has 0 bridgehead atoms. The molecule has 3 amide bonds. The first-order valence-electron chi connectivity index (χ1n) is 13.7. The Labute approximate surface area is 238 Å². The molecule has 1 saturated heterocycles. The van der Waals surface area contributed by atoms with Gasteiger partial charge in [-0.05, 0) is 50.8 Å². The van der Waals surface area contributed by atoms with Crippen LogP contribution in [0.2, 0.25) is 0 Å². The SMILES string of the molecule is COc1ccc(C[C@H](NC(=O)[C@H](C)c2nc(C)sc2C(N)=O)C(=O)N[C@@H](CC2CCCC2)C(=O)[C@@]2(C)CO2)cc1. The number of hydrogen-bond donors (Lipinski definition) is 3. The van der Waals surface area contributed by atoms with Gasteiger partial charge < -0.3 is 25.8 Å². The third-order valence-electron chi connectivity index (χ3n) is 7.79. The van der Waals surface area contributed by atoms with Gasteiger partial charge in [-0.1, -0.05) is 37.8 Å². The van der Waals surface area contributed by atoms with Crippen LogP contribution < -0.4 is 21.1 Å². The number of Topliss-reactive ketones (excluding diaryl/α,β-unsaturated/α-hetero) is 1. The number of nitrogens with one attached hydrogen (secondary N) is 2. The second kappa shape index (κ2) is 12.5. The van der Waals surface area contributed by atoms with Gasteiger partial charge in [-0.25, -0.2) is 4.98 Å². The lowest BCUT2D eigenvalue weighted by Crippen LogP contribution is -2.55.